The zero-order valence-electron chi connectivity index (χ0n) is 13.0. The Balaban J connectivity index is 1.82. The van der Waals surface area contributed by atoms with E-state index in [-0.39, 0.29) is 5.11 Å². The van der Waals surface area contributed by atoms with Crippen molar-refractivity contribution in [2.75, 3.05) is 7.11 Å². The maximum absolute atomic E-state index is 12.0. The second-order valence-corrected chi connectivity index (χ2v) is 6.84. The molecular formula is C16H14BrN3O3S2. The summed E-state index contributed by atoms with van der Waals surface area (Å²) in [6, 6.07) is 8.65. The fourth-order valence-electron chi connectivity index (χ4n) is 1.72. The smallest absolute Gasteiger partial charge is 0.269 e. The molecule has 0 atom stereocenters. The Morgan fingerprint density at radius 3 is 2.72 bits per heavy atom. The number of rotatable bonds is 4. The number of methoxy groups -OCH3 is 1. The standard InChI is InChI=1S/C16H14BrN3O3S2/c1-23-13-6-4-10(9-12(13)17)15(22)19-20-16(24)18-14(21)7-5-11-3-2-8-25-11/h2-9H,1H3,(H,19,22)(H2,18,20,21,24). The van der Waals surface area contributed by atoms with Crippen LogP contribution in [0, 0.1) is 0 Å². The van der Waals surface area contributed by atoms with Gasteiger partial charge in [-0.15, -0.1) is 11.3 Å². The van der Waals surface area contributed by atoms with Crippen LogP contribution in [0.15, 0.2) is 46.3 Å². The third-order valence-electron chi connectivity index (χ3n) is 2.88. The number of hydrogen-bond donors (Lipinski definition) is 3. The Kier molecular flexibility index (Phi) is 7.11. The molecule has 1 aromatic carbocycles. The fraction of sp³-hybridized carbons (Fsp3) is 0.0625. The van der Waals surface area contributed by atoms with E-state index in [9.17, 15) is 9.59 Å². The van der Waals surface area contributed by atoms with Crippen molar-refractivity contribution in [3.05, 3.63) is 56.7 Å². The third-order valence-corrected chi connectivity index (χ3v) is 4.54. The first-order valence-corrected chi connectivity index (χ1v) is 9.04. The van der Waals surface area contributed by atoms with Gasteiger partial charge in [0, 0.05) is 16.5 Å². The number of nitrogens with one attached hydrogen (secondary N) is 3. The van der Waals surface area contributed by atoms with Crippen molar-refractivity contribution in [3.8, 4) is 5.75 Å². The second kappa shape index (κ2) is 9.30. The number of carbonyl (C=O) groups is 2. The summed E-state index contributed by atoms with van der Waals surface area (Å²) in [6.45, 7) is 0. The molecule has 0 aliphatic heterocycles. The molecule has 0 aliphatic carbocycles. The number of amides is 2. The molecule has 0 radical (unpaired) electrons. The Morgan fingerprint density at radius 1 is 1.28 bits per heavy atom. The van der Waals surface area contributed by atoms with Gasteiger partial charge in [-0.3, -0.25) is 25.8 Å². The van der Waals surface area contributed by atoms with Crippen molar-refractivity contribution in [1.29, 1.82) is 0 Å². The molecule has 25 heavy (non-hydrogen) atoms. The van der Waals surface area contributed by atoms with E-state index in [1.54, 1.807) is 24.3 Å². The summed E-state index contributed by atoms with van der Waals surface area (Å²) in [5.41, 5.74) is 5.28. The minimum Gasteiger partial charge on any atom is -0.496 e. The molecule has 6 nitrogen and oxygen atoms in total. The maximum Gasteiger partial charge on any atom is 0.269 e. The van der Waals surface area contributed by atoms with Crippen LogP contribution in [0.3, 0.4) is 0 Å². The molecule has 1 heterocycles. The average Bonchev–Trinajstić information content (AvgIpc) is 3.11. The van der Waals surface area contributed by atoms with Gasteiger partial charge < -0.3 is 4.74 Å². The highest BCUT2D eigenvalue weighted by Crippen LogP contribution is 2.25. The Hall–Kier alpha value is -2.23. The molecule has 0 unspecified atom stereocenters. The highest BCUT2D eigenvalue weighted by atomic mass is 79.9. The Bertz CT molecular complexity index is 807. The van der Waals surface area contributed by atoms with Gasteiger partial charge in [-0.05, 0) is 63.9 Å². The lowest BCUT2D eigenvalue weighted by molar-refractivity contribution is -0.115. The Labute approximate surface area is 162 Å². The van der Waals surface area contributed by atoms with Gasteiger partial charge in [0.05, 0.1) is 11.6 Å². The monoisotopic (exact) mass is 439 g/mol. The van der Waals surface area contributed by atoms with Crippen molar-refractivity contribution in [3.63, 3.8) is 0 Å². The minimum absolute atomic E-state index is 0.0123. The zero-order valence-corrected chi connectivity index (χ0v) is 16.3. The van der Waals surface area contributed by atoms with Crippen molar-refractivity contribution in [2.24, 2.45) is 0 Å². The lowest BCUT2D eigenvalue weighted by atomic mass is 10.2. The van der Waals surface area contributed by atoms with Crippen LogP contribution >= 0.6 is 39.5 Å². The van der Waals surface area contributed by atoms with E-state index in [0.29, 0.717) is 15.8 Å². The van der Waals surface area contributed by atoms with Gasteiger partial charge in [0.25, 0.3) is 5.91 Å². The molecule has 0 saturated heterocycles. The predicted molar refractivity (Wildman–Crippen MR) is 105 cm³/mol. The predicted octanol–water partition coefficient (Wildman–Crippen LogP) is 2.87. The number of thiocarbonyl (C=S) groups is 1. The van der Waals surface area contributed by atoms with E-state index in [0.717, 1.165) is 4.88 Å². The minimum atomic E-state index is -0.408. The quantitative estimate of drug-likeness (QED) is 0.387. The number of thiophene rings is 1. The largest absolute Gasteiger partial charge is 0.496 e. The lowest BCUT2D eigenvalue weighted by Gasteiger charge is -2.10. The summed E-state index contributed by atoms with van der Waals surface area (Å²) in [5, 5.41) is 4.34. The summed E-state index contributed by atoms with van der Waals surface area (Å²) in [5.74, 6) is -0.189. The van der Waals surface area contributed by atoms with Crippen molar-refractivity contribution < 1.29 is 14.3 Å². The van der Waals surface area contributed by atoms with Crippen LogP contribution in [-0.4, -0.2) is 24.0 Å². The number of hydrogen-bond acceptors (Lipinski definition) is 5. The van der Waals surface area contributed by atoms with Gasteiger partial charge in [-0.2, -0.15) is 0 Å². The molecule has 0 saturated carbocycles. The van der Waals surface area contributed by atoms with Gasteiger partial charge in [0.15, 0.2) is 5.11 Å². The molecule has 2 rings (SSSR count). The first-order valence-electron chi connectivity index (χ1n) is 6.96. The van der Waals surface area contributed by atoms with Crippen LogP contribution in [0.4, 0.5) is 0 Å². The summed E-state index contributed by atoms with van der Waals surface area (Å²) in [6.07, 6.45) is 3.04. The van der Waals surface area contributed by atoms with Crippen LogP contribution in [0.1, 0.15) is 15.2 Å². The van der Waals surface area contributed by atoms with E-state index in [2.05, 4.69) is 32.1 Å². The summed E-state index contributed by atoms with van der Waals surface area (Å²) in [4.78, 5) is 24.7. The first kappa shape index (κ1) is 19.1. The van der Waals surface area contributed by atoms with Gasteiger partial charge in [-0.1, -0.05) is 6.07 Å². The van der Waals surface area contributed by atoms with Crippen LogP contribution in [0.25, 0.3) is 6.08 Å². The van der Waals surface area contributed by atoms with Crippen LogP contribution in [-0.2, 0) is 4.79 Å². The molecule has 1 aromatic heterocycles. The van der Waals surface area contributed by atoms with Crippen LogP contribution in [0.5, 0.6) is 5.75 Å². The summed E-state index contributed by atoms with van der Waals surface area (Å²) < 4.78 is 5.75. The third kappa shape index (κ3) is 5.96. The van der Waals surface area contributed by atoms with Gasteiger partial charge >= 0.3 is 0 Å². The molecule has 0 fully saturated rings. The molecule has 2 amide bonds. The average molecular weight is 440 g/mol. The zero-order chi connectivity index (χ0) is 18.2. The molecule has 0 aliphatic rings. The van der Waals surface area contributed by atoms with Crippen molar-refractivity contribution in [1.82, 2.24) is 16.2 Å². The van der Waals surface area contributed by atoms with Gasteiger partial charge in [0.1, 0.15) is 5.75 Å². The normalized spacial score (nSPS) is 10.3. The molecular weight excluding hydrogens is 426 g/mol. The first-order chi connectivity index (χ1) is 12.0. The molecule has 130 valence electrons. The van der Waals surface area contributed by atoms with E-state index >= 15 is 0 Å². The molecule has 2 aromatic rings. The highest BCUT2D eigenvalue weighted by Gasteiger charge is 2.09. The number of benzene rings is 1. The number of hydrazine groups is 1. The lowest BCUT2D eigenvalue weighted by Crippen LogP contribution is -2.48. The molecule has 9 heteroatoms. The van der Waals surface area contributed by atoms with Gasteiger partial charge in [0.2, 0.25) is 5.91 Å². The van der Waals surface area contributed by atoms with E-state index in [4.69, 9.17) is 17.0 Å². The number of carbonyl (C=O) groups excluding carboxylic acids is 2. The Morgan fingerprint density at radius 2 is 2.08 bits per heavy atom. The van der Waals surface area contributed by atoms with Crippen molar-refractivity contribution >= 4 is 62.5 Å². The molecule has 0 spiro atoms. The van der Waals surface area contributed by atoms with Gasteiger partial charge in [-0.25, -0.2) is 0 Å². The molecule has 3 N–H and O–H groups in total. The van der Waals surface area contributed by atoms with E-state index < -0.39 is 11.8 Å². The topological polar surface area (TPSA) is 79.5 Å². The van der Waals surface area contributed by atoms with E-state index in [1.807, 2.05) is 17.5 Å². The van der Waals surface area contributed by atoms with Crippen LogP contribution in [0.2, 0.25) is 0 Å². The highest BCUT2D eigenvalue weighted by molar-refractivity contribution is 9.10. The van der Waals surface area contributed by atoms with Crippen molar-refractivity contribution in [2.45, 2.75) is 0 Å². The van der Waals surface area contributed by atoms with Crippen LogP contribution < -0.4 is 20.9 Å². The maximum atomic E-state index is 12.0. The summed E-state index contributed by atoms with van der Waals surface area (Å²) >= 11 is 9.78. The molecule has 0 bridgehead atoms. The van der Waals surface area contributed by atoms with E-state index in [1.165, 1.54) is 24.5 Å². The SMILES string of the molecule is COc1ccc(C(=O)NNC(=S)NC(=O)C=Cc2cccs2)cc1Br. The summed E-state index contributed by atoms with van der Waals surface area (Å²) in [7, 11) is 1.54. The fourth-order valence-corrected chi connectivity index (χ4v) is 3.03. The second-order valence-electron chi connectivity index (χ2n) is 4.60. The number of ether oxygens (including phenoxy) is 1. The number of halogens is 1.